The van der Waals surface area contributed by atoms with E-state index in [1.165, 1.54) is 4.90 Å². The van der Waals surface area contributed by atoms with E-state index >= 15 is 0 Å². The first kappa shape index (κ1) is 42.7. The second kappa shape index (κ2) is 17.1. The Morgan fingerprint density at radius 2 is 1.19 bits per heavy atom. The van der Waals surface area contributed by atoms with Gasteiger partial charge in [-0.3, -0.25) is 9.59 Å². The van der Waals surface area contributed by atoms with Crippen molar-refractivity contribution in [2.24, 2.45) is 5.73 Å². The number of nitrogens with zero attached hydrogens (tertiary/aromatic N) is 2. The number of hydrogen-bond acceptors (Lipinski definition) is 9. The molecule has 2 fully saturated rings. The van der Waals surface area contributed by atoms with E-state index in [0.717, 1.165) is 62.4 Å². The molecule has 13 heteroatoms. The van der Waals surface area contributed by atoms with Crippen LogP contribution in [0.2, 0.25) is 0 Å². The smallest absolute Gasteiger partial charge is 0.248 e. The highest BCUT2D eigenvalue weighted by Crippen LogP contribution is 2.44. The predicted octanol–water partition coefficient (Wildman–Crippen LogP) is 6.95. The van der Waals surface area contributed by atoms with Crippen molar-refractivity contribution < 1.29 is 37.3 Å². The van der Waals surface area contributed by atoms with Crippen molar-refractivity contribution in [3.05, 3.63) is 141 Å². The van der Waals surface area contributed by atoms with Crippen molar-refractivity contribution in [3.63, 3.8) is 0 Å². The minimum atomic E-state index is -3.59. The quantitative estimate of drug-likeness (QED) is 0.120. The van der Waals surface area contributed by atoms with Gasteiger partial charge in [0.25, 0.3) is 0 Å². The van der Waals surface area contributed by atoms with Crippen LogP contribution in [0.25, 0.3) is 0 Å². The van der Waals surface area contributed by atoms with Crippen molar-refractivity contribution >= 4 is 33.2 Å². The first-order valence-corrected chi connectivity index (χ1v) is 21.1. The van der Waals surface area contributed by atoms with Crippen LogP contribution in [0.1, 0.15) is 62.2 Å². The Balaban J connectivity index is 0.000000199. The number of β-lactam (4-membered cyclic amide) rings is 2. The number of ether oxygens (including phenoxy) is 3. The van der Waals surface area contributed by atoms with E-state index in [1.807, 2.05) is 101 Å². The molecule has 2 aliphatic heterocycles. The molecule has 5 aromatic rings. The third-order valence-corrected chi connectivity index (χ3v) is 11.8. The van der Waals surface area contributed by atoms with Gasteiger partial charge in [0.15, 0.2) is 0 Å². The molecule has 5 aromatic carbocycles. The van der Waals surface area contributed by atoms with Crippen molar-refractivity contribution in [1.82, 2.24) is 4.72 Å². The van der Waals surface area contributed by atoms with Gasteiger partial charge in [-0.15, -0.1) is 0 Å². The number of anilines is 2. The number of methoxy groups -OCH3 is 2. The number of rotatable bonds is 11. The summed E-state index contributed by atoms with van der Waals surface area (Å²) in [4.78, 5) is 28.9. The van der Waals surface area contributed by atoms with Gasteiger partial charge in [-0.1, -0.05) is 54.6 Å². The Hall–Kier alpha value is -5.89. The summed E-state index contributed by atoms with van der Waals surface area (Å²) in [5, 5.41) is 10.1. The molecule has 0 aromatic heterocycles. The molecular weight excluding hydrogens is 769 g/mol. The molecule has 7 rings (SSSR count). The molecule has 0 spiro atoms. The predicted molar refractivity (Wildman–Crippen MR) is 230 cm³/mol. The van der Waals surface area contributed by atoms with Gasteiger partial charge in [-0.05, 0) is 116 Å². The van der Waals surface area contributed by atoms with E-state index < -0.39 is 28.1 Å². The number of aromatic hydroxyl groups is 1. The van der Waals surface area contributed by atoms with Gasteiger partial charge in [-0.2, -0.15) is 0 Å². The summed E-state index contributed by atoms with van der Waals surface area (Å²) in [7, 11) is -0.390. The molecule has 4 N–H and O–H groups in total. The van der Waals surface area contributed by atoms with Gasteiger partial charge in [0.1, 0.15) is 41.7 Å². The van der Waals surface area contributed by atoms with Crippen molar-refractivity contribution in [1.29, 1.82) is 0 Å². The number of carbonyl (C=O) groups is 2. The normalized spacial score (nSPS) is 18.7. The SMILES string of the molecule is COc1cc(N2C(=O)[C@@H](N)[C@@H]2c2ccc(C)c(OCc3ccccc3)c2)cc(C)c1C.COc1cc(N2C(=O)[C@@H](NS(C)(=O)=O)[C@@H]2c2ccc(C)c(O)c2)cc(C)c1C. The largest absolute Gasteiger partial charge is 0.508 e. The lowest BCUT2D eigenvalue weighted by atomic mass is 9.87. The number of sulfonamides is 1. The summed E-state index contributed by atoms with van der Waals surface area (Å²) < 4.78 is 43.0. The molecule has 59 heavy (non-hydrogen) atoms. The molecule has 2 amide bonds. The van der Waals surface area contributed by atoms with Crippen molar-refractivity contribution in [3.8, 4) is 23.0 Å². The number of phenols is 1. The minimum absolute atomic E-state index is 0.0903. The number of amides is 2. The number of nitrogens with two attached hydrogens (primary N) is 1. The highest BCUT2D eigenvalue weighted by molar-refractivity contribution is 7.88. The molecule has 0 bridgehead atoms. The van der Waals surface area contributed by atoms with Gasteiger partial charge >= 0.3 is 0 Å². The van der Waals surface area contributed by atoms with E-state index in [4.69, 9.17) is 19.9 Å². The number of aryl methyl sites for hydroxylation is 4. The number of benzene rings is 5. The molecule has 0 saturated carbocycles. The molecule has 4 atom stereocenters. The van der Waals surface area contributed by atoms with Gasteiger partial charge in [0, 0.05) is 23.5 Å². The molecule has 0 radical (unpaired) electrons. The maximum absolute atomic E-state index is 12.9. The zero-order valence-electron chi connectivity index (χ0n) is 34.9. The Morgan fingerprint density at radius 3 is 1.71 bits per heavy atom. The van der Waals surface area contributed by atoms with E-state index in [0.29, 0.717) is 29.2 Å². The van der Waals surface area contributed by atoms with Crippen LogP contribution < -0.4 is 34.5 Å². The van der Waals surface area contributed by atoms with Crippen LogP contribution in [0.4, 0.5) is 11.4 Å². The zero-order valence-corrected chi connectivity index (χ0v) is 35.7. The molecule has 2 aliphatic rings. The third kappa shape index (κ3) is 8.78. The molecule has 12 nitrogen and oxygen atoms in total. The van der Waals surface area contributed by atoms with Crippen LogP contribution in [-0.4, -0.2) is 57.9 Å². The lowest BCUT2D eigenvalue weighted by molar-refractivity contribution is -0.127. The Labute approximate surface area is 346 Å². The second-order valence-corrected chi connectivity index (χ2v) is 17.0. The van der Waals surface area contributed by atoms with Crippen LogP contribution in [0.15, 0.2) is 91.0 Å². The standard InChI is InChI=1S/C26H28N2O3.C20H24N2O5S/c1-16-10-11-20(13-22(16)31-15-19-8-6-5-7-9-19)25-24(27)26(29)28(25)21-12-17(2)18(3)23(14-21)30-4;1-11-6-7-14(9-16(11)23)19-18(21-28(5,25)26)20(24)22(19)15-8-12(2)13(3)17(10-15)27-4/h5-14,24-25H,15,27H2,1-4H3;6-10,18-19,21,23H,1-5H3/t24-,25-;18-,19-/m00/s1. The number of carbonyl (C=O) groups excluding carboxylic acids is 2. The van der Waals surface area contributed by atoms with Crippen LogP contribution in [0.5, 0.6) is 23.0 Å². The Bertz CT molecular complexity index is 2510. The fourth-order valence-electron chi connectivity index (χ4n) is 7.44. The second-order valence-electron chi connectivity index (χ2n) is 15.2. The maximum Gasteiger partial charge on any atom is 0.248 e. The van der Waals surface area contributed by atoms with Crippen LogP contribution >= 0.6 is 0 Å². The summed E-state index contributed by atoms with van der Waals surface area (Å²) in [6.07, 6.45) is 1.02. The number of phenolic OH excluding ortho intramolecular Hbond substituents is 1. The van der Waals surface area contributed by atoms with Gasteiger partial charge in [0.05, 0.1) is 32.6 Å². The molecule has 2 saturated heterocycles. The van der Waals surface area contributed by atoms with E-state index in [1.54, 1.807) is 50.3 Å². The number of nitrogens with one attached hydrogen (secondary N) is 1. The minimum Gasteiger partial charge on any atom is -0.508 e. The fourth-order valence-corrected chi connectivity index (χ4v) is 8.13. The summed E-state index contributed by atoms with van der Waals surface area (Å²) in [6.45, 7) is 12.1. The third-order valence-electron chi connectivity index (χ3n) is 11.2. The van der Waals surface area contributed by atoms with Gasteiger partial charge in [-0.25, -0.2) is 13.1 Å². The first-order valence-electron chi connectivity index (χ1n) is 19.2. The lowest BCUT2D eigenvalue weighted by Crippen LogP contribution is -2.65. The molecule has 310 valence electrons. The highest BCUT2D eigenvalue weighted by atomic mass is 32.2. The average molecular weight is 821 g/mol. The van der Waals surface area contributed by atoms with Gasteiger partial charge < -0.3 is 34.9 Å². The lowest BCUT2D eigenvalue weighted by Gasteiger charge is -2.47. The fraction of sp³-hybridized carbons (Fsp3) is 0.304. The van der Waals surface area contributed by atoms with Crippen molar-refractivity contribution in [2.75, 3.05) is 30.3 Å². The van der Waals surface area contributed by atoms with E-state index in [9.17, 15) is 23.1 Å². The van der Waals surface area contributed by atoms with E-state index in [2.05, 4.69) is 4.72 Å². The molecule has 0 aliphatic carbocycles. The van der Waals surface area contributed by atoms with Crippen LogP contribution in [0, 0.1) is 41.5 Å². The topological polar surface area (TPSA) is 161 Å². The molecule has 0 unspecified atom stereocenters. The Morgan fingerprint density at radius 1 is 0.661 bits per heavy atom. The first-order chi connectivity index (χ1) is 27.9. The summed E-state index contributed by atoms with van der Waals surface area (Å²) in [5.74, 6) is 1.84. The molecular formula is C46H52N4O8S. The zero-order chi connectivity index (χ0) is 42.9. The average Bonchev–Trinajstić information content (AvgIpc) is 3.21. The summed E-state index contributed by atoms with van der Waals surface area (Å²) in [6, 6.07) is 26.4. The summed E-state index contributed by atoms with van der Waals surface area (Å²) >= 11 is 0. The molecule has 2 heterocycles. The highest BCUT2D eigenvalue weighted by Gasteiger charge is 2.51. The monoisotopic (exact) mass is 820 g/mol. The summed E-state index contributed by atoms with van der Waals surface area (Å²) in [5.41, 5.74) is 16.1. The number of hydrogen-bond donors (Lipinski definition) is 3. The van der Waals surface area contributed by atoms with Gasteiger partial charge in [0.2, 0.25) is 21.8 Å². The van der Waals surface area contributed by atoms with E-state index in [-0.39, 0.29) is 23.6 Å². The van der Waals surface area contributed by atoms with Crippen LogP contribution in [-0.2, 0) is 26.2 Å². The van der Waals surface area contributed by atoms with Crippen molar-refractivity contribution in [2.45, 2.75) is 72.3 Å². The van der Waals surface area contributed by atoms with Crippen LogP contribution in [0.3, 0.4) is 0 Å². The Kier molecular flexibility index (Phi) is 12.4. The maximum atomic E-state index is 12.9.